The molecule has 1 N–H and O–H groups in total. The number of rotatable bonds is 3. The second-order valence-electron chi connectivity index (χ2n) is 6.88. The van der Waals surface area contributed by atoms with E-state index in [0.717, 1.165) is 18.9 Å². The third kappa shape index (κ3) is 3.35. The Morgan fingerprint density at radius 3 is 2.89 bits per heavy atom. The molecule has 2 rings (SSSR count). The van der Waals surface area contributed by atoms with Gasteiger partial charge in [-0.05, 0) is 50.6 Å². The van der Waals surface area contributed by atoms with Crippen LogP contribution in [0.3, 0.4) is 0 Å². The molecule has 1 aromatic rings. The maximum Gasteiger partial charge on any atom is 0.0950 e. The Kier molecular flexibility index (Phi) is 4.10. The van der Waals surface area contributed by atoms with E-state index in [1.807, 2.05) is 12.5 Å². The molecule has 2 heterocycles. The van der Waals surface area contributed by atoms with Gasteiger partial charge in [-0.25, -0.2) is 4.98 Å². The Morgan fingerprint density at radius 1 is 1.50 bits per heavy atom. The van der Waals surface area contributed by atoms with Gasteiger partial charge in [-0.1, -0.05) is 20.8 Å². The van der Waals surface area contributed by atoms with Crippen LogP contribution in [0, 0.1) is 11.3 Å². The third-order valence-corrected chi connectivity index (χ3v) is 3.91. The predicted octanol–water partition coefficient (Wildman–Crippen LogP) is 3.03. The van der Waals surface area contributed by atoms with E-state index < -0.39 is 0 Å². The number of aromatic nitrogens is 2. The van der Waals surface area contributed by atoms with Crippen LogP contribution in [0.25, 0.3) is 0 Å². The third-order valence-electron chi connectivity index (χ3n) is 3.91. The van der Waals surface area contributed by atoms with E-state index in [1.165, 1.54) is 25.1 Å². The fourth-order valence-corrected chi connectivity index (χ4v) is 2.90. The van der Waals surface area contributed by atoms with Crippen molar-refractivity contribution in [3.05, 3.63) is 18.2 Å². The van der Waals surface area contributed by atoms with Gasteiger partial charge in [0.05, 0.1) is 6.33 Å². The van der Waals surface area contributed by atoms with Gasteiger partial charge in [-0.3, -0.25) is 0 Å². The maximum atomic E-state index is 4.36. The summed E-state index contributed by atoms with van der Waals surface area (Å²) in [5.41, 5.74) is 1.70. The Bertz CT molecular complexity index is 369. The number of imidazole rings is 1. The zero-order chi connectivity index (χ0) is 13.2. The van der Waals surface area contributed by atoms with Crippen LogP contribution >= 0.6 is 0 Å². The van der Waals surface area contributed by atoms with E-state index in [4.69, 9.17) is 0 Å². The summed E-state index contributed by atoms with van der Waals surface area (Å²) in [5.74, 6) is 0.742. The number of hydrogen-bond acceptors (Lipinski definition) is 2. The molecule has 2 atom stereocenters. The minimum atomic E-state index is 0.322. The number of nitrogens with one attached hydrogen (secondary N) is 1. The molecule has 2 unspecified atom stereocenters. The minimum Gasteiger partial charge on any atom is -0.331 e. The van der Waals surface area contributed by atoms with Crippen molar-refractivity contribution >= 4 is 0 Å². The number of hydrogen-bond donors (Lipinski definition) is 1. The van der Waals surface area contributed by atoms with Crippen molar-refractivity contribution < 1.29 is 0 Å². The average molecular weight is 249 g/mol. The summed E-state index contributed by atoms with van der Waals surface area (Å²) >= 11 is 0. The predicted molar refractivity (Wildman–Crippen MR) is 75.7 cm³/mol. The zero-order valence-electron chi connectivity index (χ0n) is 12.2. The molecule has 102 valence electrons. The Balaban J connectivity index is 2.10. The van der Waals surface area contributed by atoms with Crippen LogP contribution in [0.5, 0.6) is 0 Å². The Labute approximate surface area is 111 Å². The average Bonchev–Trinajstić information content (AvgIpc) is 2.75. The second-order valence-corrected chi connectivity index (χ2v) is 6.88. The molecule has 0 aliphatic carbocycles. The lowest BCUT2D eigenvalue weighted by atomic mass is 9.89. The lowest BCUT2D eigenvalue weighted by molar-refractivity contribution is 0.271. The normalized spacial score (nSPS) is 23.0. The van der Waals surface area contributed by atoms with Crippen molar-refractivity contribution in [1.82, 2.24) is 14.9 Å². The molecule has 1 fully saturated rings. The summed E-state index contributed by atoms with van der Waals surface area (Å²) in [6.45, 7) is 11.5. The first-order valence-corrected chi connectivity index (χ1v) is 7.19. The van der Waals surface area contributed by atoms with Gasteiger partial charge in [0, 0.05) is 17.9 Å². The topological polar surface area (TPSA) is 29.9 Å². The molecular weight excluding hydrogens is 222 g/mol. The number of piperidine rings is 1. The van der Waals surface area contributed by atoms with Gasteiger partial charge in [0.15, 0.2) is 0 Å². The Hall–Kier alpha value is -0.830. The van der Waals surface area contributed by atoms with E-state index in [0.29, 0.717) is 11.5 Å². The monoisotopic (exact) mass is 249 g/mol. The minimum absolute atomic E-state index is 0.322. The molecule has 3 heteroatoms. The molecule has 0 radical (unpaired) electrons. The largest absolute Gasteiger partial charge is 0.331 e. The van der Waals surface area contributed by atoms with Gasteiger partial charge in [0.25, 0.3) is 0 Å². The standard InChI is InChI=1S/C15H27N3/c1-12(13-6-5-7-16-9-13)18-11-17-10-14(18)8-15(2,3)4/h10-13,16H,5-9H2,1-4H3. The van der Waals surface area contributed by atoms with E-state index in [2.05, 4.69) is 42.6 Å². The highest BCUT2D eigenvalue weighted by Crippen LogP contribution is 2.28. The van der Waals surface area contributed by atoms with E-state index in [-0.39, 0.29) is 0 Å². The molecule has 1 aromatic heterocycles. The van der Waals surface area contributed by atoms with Crippen LogP contribution in [0.2, 0.25) is 0 Å². The number of nitrogens with zero attached hydrogens (tertiary/aromatic N) is 2. The lowest BCUT2D eigenvalue weighted by Crippen LogP contribution is -2.34. The quantitative estimate of drug-likeness (QED) is 0.892. The molecule has 1 aliphatic heterocycles. The van der Waals surface area contributed by atoms with Crippen LogP contribution in [0.4, 0.5) is 0 Å². The van der Waals surface area contributed by atoms with Crippen molar-refractivity contribution in [2.45, 2.75) is 53.0 Å². The maximum absolute atomic E-state index is 4.36. The van der Waals surface area contributed by atoms with Crippen LogP contribution in [-0.2, 0) is 6.42 Å². The molecule has 1 aliphatic rings. The van der Waals surface area contributed by atoms with Gasteiger partial charge in [-0.15, -0.1) is 0 Å². The highest BCUT2D eigenvalue weighted by Gasteiger charge is 2.23. The highest BCUT2D eigenvalue weighted by molar-refractivity contribution is 5.03. The fourth-order valence-electron chi connectivity index (χ4n) is 2.90. The summed E-state index contributed by atoms with van der Waals surface area (Å²) in [5, 5.41) is 3.51. The molecule has 18 heavy (non-hydrogen) atoms. The molecule has 3 nitrogen and oxygen atoms in total. The Morgan fingerprint density at radius 2 is 2.28 bits per heavy atom. The summed E-state index contributed by atoms with van der Waals surface area (Å²) in [6.07, 6.45) is 7.79. The molecule has 0 bridgehead atoms. The first-order chi connectivity index (χ1) is 8.47. The smallest absolute Gasteiger partial charge is 0.0950 e. The van der Waals surface area contributed by atoms with Crippen molar-refractivity contribution in [2.24, 2.45) is 11.3 Å². The van der Waals surface area contributed by atoms with Gasteiger partial charge in [-0.2, -0.15) is 0 Å². The van der Waals surface area contributed by atoms with Gasteiger partial charge < -0.3 is 9.88 Å². The SMILES string of the molecule is CC(C1CCCNC1)n1cncc1CC(C)(C)C. The summed E-state index contributed by atoms with van der Waals surface area (Å²) in [7, 11) is 0. The van der Waals surface area contributed by atoms with Crippen molar-refractivity contribution in [1.29, 1.82) is 0 Å². The van der Waals surface area contributed by atoms with E-state index in [9.17, 15) is 0 Å². The summed E-state index contributed by atoms with van der Waals surface area (Å²) in [4.78, 5) is 4.36. The molecule has 1 saturated heterocycles. The van der Waals surface area contributed by atoms with E-state index in [1.54, 1.807) is 0 Å². The van der Waals surface area contributed by atoms with E-state index >= 15 is 0 Å². The fraction of sp³-hybridized carbons (Fsp3) is 0.800. The van der Waals surface area contributed by atoms with Crippen molar-refractivity contribution in [2.75, 3.05) is 13.1 Å². The van der Waals surface area contributed by atoms with Crippen LogP contribution in [0.15, 0.2) is 12.5 Å². The molecule has 0 spiro atoms. The highest BCUT2D eigenvalue weighted by atomic mass is 15.1. The van der Waals surface area contributed by atoms with Gasteiger partial charge in [0.2, 0.25) is 0 Å². The first kappa shape index (κ1) is 13.6. The zero-order valence-corrected chi connectivity index (χ0v) is 12.2. The van der Waals surface area contributed by atoms with Gasteiger partial charge in [0.1, 0.15) is 0 Å². The van der Waals surface area contributed by atoms with Crippen LogP contribution in [-0.4, -0.2) is 22.6 Å². The molecule has 0 saturated carbocycles. The lowest BCUT2D eigenvalue weighted by Gasteiger charge is -2.31. The molecule has 0 aromatic carbocycles. The summed E-state index contributed by atoms with van der Waals surface area (Å²) < 4.78 is 2.39. The molecule has 0 amide bonds. The van der Waals surface area contributed by atoms with Gasteiger partial charge >= 0.3 is 0 Å². The van der Waals surface area contributed by atoms with Crippen LogP contribution < -0.4 is 5.32 Å². The molecular formula is C15H27N3. The second kappa shape index (κ2) is 5.43. The summed E-state index contributed by atoms with van der Waals surface area (Å²) in [6, 6.07) is 0.553. The van der Waals surface area contributed by atoms with Crippen molar-refractivity contribution in [3.63, 3.8) is 0 Å². The first-order valence-electron chi connectivity index (χ1n) is 7.19. The van der Waals surface area contributed by atoms with Crippen LogP contribution in [0.1, 0.15) is 52.3 Å². The van der Waals surface area contributed by atoms with Crippen molar-refractivity contribution in [3.8, 4) is 0 Å².